The van der Waals surface area contributed by atoms with Gasteiger partial charge in [-0.15, -0.1) is 0 Å². The minimum absolute atomic E-state index is 0.0197. The first kappa shape index (κ1) is 25.6. The van der Waals surface area contributed by atoms with E-state index in [0.717, 1.165) is 30.6 Å². The Morgan fingerprint density at radius 2 is 1.92 bits per heavy atom. The summed E-state index contributed by atoms with van der Waals surface area (Å²) in [5, 5.41) is 6.35. The number of anilines is 2. The summed E-state index contributed by atoms with van der Waals surface area (Å²) in [6.07, 6.45) is 3.70. The van der Waals surface area contributed by atoms with Crippen molar-refractivity contribution in [3.05, 3.63) is 59.8 Å². The molecule has 36 heavy (non-hydrogen) atoms. The van der Waals surface area contributed by atoms with E-state index in [9.17, 15) is 9.59 Å². The van der Waals surface area contributed by atoms with Crippen LogP contribution in [0.2, 0.25) is 0 Å². The Morgan fingerprint density at radius 3 is 2.56 bits per heavy atom. The lowest BCUT2D eigenvalue weighted by atomic mass is 9.91. The average molecular weight is 493 g/mol. The third-order valence-corrected chi connectivity index (χ3v) is 6.73. The van der Waals surface area contributed by atoms with Crippen molar-refractivity contribution in [3.63, 3.8) is 0 Å². The summed E-state index contributed by atoms with van der Waals surface area (Å²) in [7, 11) is 0. The van der Waals surface area contributed by atoms with E-state index in [0.29, 0.717) is 30.3 Å². The molecule has 2 atom stereocenters. The van der Waals surface area contributed by atoms with Crippen LogP contribution in [0.5, 0.6) is 0 Å². The molecule has 0 spiro atoms. The summed E-state index contributed by atoms with van der Waals surface area (Å²) in [5.41, 5.74) is 3.19. The number of amides is 2. The number of benzene rings is 1. The molecule has 2 aliphatic heterocycles. The molecule has 0 radical (unpaired) electrons. The Hall–Kier alpha value is -3.46. The van der Waals surface area contributed by atoms with Crippen molar-refractivity contribution in [1.82, 2.24) is 20.2 Å². The van der Waals surface area contributed by atoms with Crippen LogP contribution in [0.3, 0.4) is 0 Å². The van der Waals surface area contributed by atoms with Gasteiger partial charge in [0.15, 0.2) is 0 Å². The second-order valence-electron chi connectivity index (χ2n) is 9.88. The van der Waals surface area contributed by atoms with E-state index in [1.54, 1.807) is 6.20 Å². The summed E-state index contributed by atoms with van der Waals surface area (Å²) < 4.78 is 5.17. The molecule has 1 unspecified atom stereocenters. The second kappa shape index (κ2) is 11.1. The molecule has 1 saturated heterocycles. The summed E-state index contributed by atoms with van der Waals surface area (Å²) >= 11 is 0. The molecule has 4 rings (SSSR count). The normalized spacial score (nSPS) is 17.6. The number of aromatic nitrogens is 2. The largest absolute Gasteiger partial charge is 0.444 e. The third kappa shape index (κ3) is 5.67. The van der Waals surface area contributed by atoms with Gasteiger partial charge in [-0.1, -0.05) is 44.7 Å². The van der Waals surface area contributed by atoms with E-state index in [1.807, 2.05) is 6.92 Å². The maximum Gasteiger partial charge on any atom is 0.415 e. The first-order chi connectivity index (χ1) is 17.3. The monoisotopic (exact) mass is 492 g/mol. The molecule has 2 aromatic rings. The highest BCUT2D eigenvalue weighted by molar-refractivity contribution is 5.89. The molecule has 2 amide bonds. The predicted molar refractivity (Wildman–Crippen MR) is 140 cm³/mol. The fourth-order valence-electron chi connectivity index (χ4n) is 4.73. The van der Waals surface area contributed by atoms with Crippen LogP contribution in [0.4, 0.5) is 16.6 Å². The summed E-state index contributed by atoms with van der Waals surface area (Å²) in [6.45, 7) is 14.3. The van der Waals surface area contributed by atoms with E-state index < -0.39 is 0 Å². The quantitative estimate of drug-likeness (QED) is 0.480. The fourth-order valence-corrected chi connectivity index (χ4v) is 4.73. The van der Waals surface area contributed by atoms with Gasteiger partial charge in [-0.05, 0) is 43.4 Å². The van der Waals surface area contributed by atoms with Crippen LogP contribution in [0.15, 0.2) is 43.1 Å². The SMILES string of the molecule is C=CC(=O)NC1CN(C(CC(C)C)c2ccc([C@H](C)Nc3ncc4c(n3)N(CC)C(=O)OC4)cc2)C1. The van der Waals surface area contributed by atoms with Crippen LogP contribution in [0, 0.1) is 5.92 Å². The van der Waals surface area contributed by atoms with Gasteiger partial charge < -0.3 is 15.4 Å². The van der Waals surface area contributed by atoms with Crippen LogP contribution in [0.25, 0.3) is 0 Å². The smallest absolute Gasteiger partial charge is 0.415 e. The van der Waals surface area contributed by atoms with Crippen molar-refractivity contribution < 1.29 is 14.3 Å². The summed E-state index contributed by atoms with van der Waals surface area (Å²) in [5.74, 6) is 1.51. The van der Waals surface area contributed by atoms with Gasteiger partial charge >= 0.3 is 6.09 Å². The highest BCUT2D eigenvalue weighted by Gasteiger charge is 2.34. The molecule has 1 aromatic heterocycles. The van der Waals surface area contributed by atoms with Gasteiger partial charge in [-0.2, -0.15) is 4.98 Å². The van der Waals surface area contributed by atoms with Crippen LogP contribution < -0.4 is 15.5 Å². The minimum Gasteiger partial charge on any atom is -0.444 e. The molecule has 0 saturated carbocycles. The number of cyclic esters (lactones) is 1. The number of nitrogens with one attached hydrogen (secondary N) is 2. The predicted octanol–water partition coefficient (Wildman–Crippen LogP) is 4.20. The Kier molecular flexibility index (Phi) is 7.88. The van der Waals surface area contributed by atoms with E-state index in [1.165, 1.54) is 16.5 Å². The fraction of sp³-hybridized carbons (Fsp3) is 0.481. The van der Waals surface area contributed by atoms with Crippen LogP contribution in [-0.2, 0) is 16.1 Å². The number of carbonyl (C=O) groups excluding carboxylic acids is 2. The molecule has 2 N–H and O–H groups in total. The Morgan fingerprint density at radius 1 is 1.22 bits per heavy atom. The van der Waals surface area contributed by atoms with Crippen molar-refractivity contribution in [2.24, 2.45) is 5.92 Å². The van der Waals surface area contributed by atoms with E-state index >= 15 is 0 Å². The van der Waals surface area contributed by atoms with Gasteiger partial charge in [-0.25, -0.2) is 9.78 Å². The zero-order valence-electron chi connectivity index (χ0n) is 21.5. The first-order valence-electron chi connectivity index (χ1n) is 12.6. The lowest BCUT2D eigenvalue weighted by molar-refractivity contribution is -0.118. The molecule has 0 bridgehead atoms. The number of hydrogen-bond donors (Lipinski definition) is 2. The van der Waals surface area contributed by atoms with Gasteiger partial charge in [0.1, 0.15) is 12.4 Å². The van der Waals surface area contributed by atoms with Gasteiger partial charge in [0.2, 0.25) is 11.9 Å². The zero-order chi connectivity index (χ0) is 25.8. The van der Waals surface area contributed by atoms with E-state index in [2.05, 4.69) is 77.1 Å². The van der Waals surface area contributed by atoms with Crippen LogP contribution in [0.1, 0.15) is 62.9 Å². The zero-order valence-corrected chi connectivity index (χ0v) is 21.5. The van der Waals surface area contributed by atoms with Crippen molar-refractivity contribution in [3.8, 4) is 0 Å². The van der Waals surface area contributed by atoms with Crippen LogP contribution >= 0.6 is 0 Å². The molecular formula is C27H36N6O3. The first-order valence-corrected chi connectivity index (χ1v) is 12.6. The Balaban J connectivity index is 1.43. The summed E-state index contributed by atoms with van der Waals surface area (Å²) in [6, 6.07) is 9.14. The molecule has 192 valence electrons. The van der Waals surface area contributed by atoms with E-state index in [4.69, 9.17) is 4.74 Å². The minimum atomic E-state index is -0.383. The summed E-state index contributed by atoms with van der Waals surface area (Å²) in [4.78, 5) is 36.6. The van der Waals surface area contributed by atoms with Crippen molar-refractivity contribution in [2.75, 3.05) is 29.9 Å². The molecular weight excluding hydrogens is 456 g/mol. The molecule has 9 heteroatoms. The second-order valence-corrected chi connectivity index (χ2v) is 9.88. The molecule has 3 heterocycles. The Labute approximate surface area is 212 Å². The number of rotatable bonds is 10. The molecule has 1 aromatic carbocycles. The van der Waals surface area contributed by atoms with Gasteiger partial charge in [-0.3, -0.25) is 14.6 Å². The average Bonchev–Trinajstić information content (AvgIpc) is 2.84. The Bertz CT molecular complexity index is 1100. The van der Waals surface area contributed by atoms with Crippen molar-refractivity contribution in [2.45, 2.75) is 58.8 Å². The standard InChI is InChI=1S/C27H36N6O3/c1-6-24(34)30-22-14-32(15-22)23(12-17(3)4)20-10-8-19(9-11-20)18(5)29-26-28-13-21-16-36-27(35)33(7-2)25(21)31-26/h6,8-11,13,17-18,22-23H,1,7,12,14-16H2,2-5H3,(H,30,34)(H,28,29,31)/t18-,23?/m0/s1. The number of fused-ring (bicyclic) bond motifs is 1. The van der Waals surface area contributed by atoms with Gasteiger partial charge in [0, 0.05) is 31.9 Å². The van der Waals surface area contributed by atoms with Crippen molar-refractivity contribution >= 4 is 23.8 Å². The number of carbonyl (C=O) groups is 2. The highest BCUT2D eigenvalue weighted by Crippen LogP contribution is 2.33. The number of ether oxygens (including phenoxy) is 1. The lowest BCUT2D eigenvalue weighted by Gasteiger charge is -2.45. The number of likely N-dealkylation sites (tertiary alicyclic amines) is 1. The maximum atomic E-state index is 12.0. The van der Waals surface area contributed by atoms with Gasteiger partial charge in [0.25, 0.3) is 0 Å². The molecule has 0 aliphatic carbocycles. The highest BCUT2D eigenvalue weighted by atomic mass is 16.6. The number of nitrogens with zero attached hydrogens (tertiary/aromatic N) is 4. The molecule has 1 fully saturated rings. The molecule has 2 aliphatic rings. The van der Waals surface area contributed by atoms with E-state index in [-0.39, 0.29) is 30.7 Å². The maximum absolute atomic E-state index is 12.0. The van der Waals surface area contributed by atoms with Crippen LogP contribution in [-0.4, -0.2) is 52.5 Å². The van der Waals surface area contributed by atoms with Gasteiger partial charge in [0.05, 0.1) is 17.6 Å². The third-order valence-electron chi connectivity index (χ3n) is 6.73. The molecule has 9 nitrogen and oxygen atoms in total. The van der Waals surface area contributed by atoms with Crippen molar-refractivity contribution in [1.29, 1.82) is 0 Å². The lowest BCUT2D eigenvalue weighted by Crippen LogP contribution is -2.59. The topological polar surface area (TPSA) is 99.7 Å². The number of hydrogen-bond acceptors (Lipinski definition) is 7.